The largest absolute Gasteiger partial charge is 0.480 e. The quantitative estimate of drug-likeness (QED) is 0.259. The van der Waals surface area contributed by atoms with Gasteiger partial charge < -0.3 is 15.7 Å². The molecule has 8 nitrogen and oxygen atoms in total. The van der Waals surface area contributed by atoms with E-state index < -0.39 is 17.9 Å². The Morgan fingerprint density at radius 3 is 2.45 bits per heavy atom. The summed E-state index contributed by atoms with van der Waals surface area (Å²) in [7, 11) is 0. The van der Waals surface area contributed by atoms with Crippen molar-refractivity contribution in [1.29, 1.82) is 0 Å². The van der Waals surface area contributed by atoms with Crippen LogP contribution in [0.3, 0.4) is 0 Å². The normalized spacial score (nSPS) is 11.6. The average Bonchev–Trinajstić information content (AvgIpc) is 2.78. The lowest BCUT2D eigenvalue weighted by atomic mass is 10.1. The van der Waals surface area contributed by atoms with E-state index in [2.05, 4.69) is 32.5 Å². The summed E-state index contributed by atoms with van der Waals surface area (Å²) in [4.78, 5) is 36.4. The molecule has 0 aliphatic heterocycles. The predicted octanol–water partition coefficient (Wildman–Crippen LogP) is 5.04. The van der Waals surface area contributed by atoms with Gasteiger partial charge >= 0.3 is 5.97 Å². The number of carbonyl (C=O) groups is 2. The molecule has 3 rings (SSSR count). The number of aromatic nitrogens is 3. The molecule has 0 aliphatic carbocycles. The molecule has 3 N–H and O–H groups in total. The van der Waals surface area contributed by atoms with Gasteiger partial charge in [0.05, 0.1) is 15.6 Å². The minimum absolute atomic E-state index is 0.133. The zero-order valence-electron chi connectivity index (χ0n) is 17.6. The number of anilines is 2. The number of hydrogen-bond donors (Lipinski definition) is 3. The molecule has 0 fully saturated rings. The van der Waals surface area contributed by atoms with Gasteiger partial charge in [-0.25, -0.2) is 14.8 Å². The first-order chi connectivity index (χ1) is 15.9. The lowest BCUT2D eigenvalue weighted by Gasteiger charge is -2.16. The molecule has 0 bridgehead atoms. The number of pyridine rings is 1. The predicted molar refractivity (Wildman–Crippen MR) is 130 cm³/mol. The van der Waals surface area contributed by atoms with Crippen molar-refractivity contribution < 1.29 is 14.7 Å². The summed E-state index contributed by atoms with van der Waals surface area (Å²) in [6.07, 6.45) is 5.32. The molecule has 1 atom stereocenters. The number of carbonyl (C=O) groups excluding carboxylic acids is 1. The van der Waals surface area contributed by atoms with Crippen LogP contribution in [0.4, 0.5) is 11.5 Å². The molecule has 0 aliphatic rings. The molecule has 2 heterocycles. The number of amides is 1. The van der Waals surface area contributed by atoms with E-state index in [4.69, 9.17) is 23.2 Å². The highest BCUT2D eigenvalue weighted by Crippen LogP contribution is 2.24. The third-order valence-electron chi connectivity index (χ3n) is 4.45. The lowest BCUT2D eigenvalue weighted by Crippen LogP contribution is -2.31. The van der Waals surface area contributed by atoms with E-state index in [1.54, 1.807) is 42.1 Å². The Balaban J connectivity index is 1.66. The Kier molecular flexibility index (Phi) is 8.87. The first-order valence-electron chi connectivity index (χ1n) is 10.0. The fourth-order valence-electron chi connectivity index (χ4n) is 2.86. The third kappa shape index (κ3) is 7.05. The number of thioether (sulfide) groups is 1. The van der Waals surface area contributed by atoms with Gasteiger partial charge in [0.1, 0.15) is 23.2 Å². The second kappa shape index (κ2) is 11.8. The van der Waals surface area contributed by atoms with Gasteiger partial charge in [0.15, 0.2) is 0 Å². The lowest BCUT2D eigenvalue weighted by molar-refractivity contribution is -0.137. The van der Waals surface area contributed by atoms with Crippen molar-refractivity contribution in [2.75, 3.05) is 16.4 Å². The summed E-state index contributed by atoms with van der Waals surface area (Å²) in [5.74, 6) is -0.103. The molecule has 172 valence electrons. The van der Waals surface area contributed by atoms with Gasteiger partial charge in [-0.1, -0.05) is 42.3 Å². The van der Waals surface area contributed by atoms with Gasteiger partial charge in [0, 0.05) is 30.6 Å². The SMILES string of the molecule is CCCSc1cc(NC(Cc2ccc(NC(=O)c3c(Cl)cncc3Cl)cc2)C(=O)O)ncn1. The Bertz CT molecular complexity index is 1110. The Hall–Kier alpha value is -2.88. The number of halogens is 2. The van der Waals surface area contributed by atoms with Crippen LogP contribution in [0.25, 0.3) is 0 Å². The molecule has 0 spiro atoms. The molecule has 11 heteroatoms. The molecule has 3 aromatic rings. The van der Waals surface area contributed by atoms with Crippen molar-refractivity contribution in [2.45, 2.75) is 30.8 Å². The number of rotatable bonds is 10. The van der Waals surface area contributed by atoms with Gasteiger partial charge in [-0.15, -0.1) is 11.8 Å². The number of carboxylic acids is 1. The van der Waals surface area contributed by atoms with Gasteiger partial charge in [-0.3, -0.25) is 9.78 Å². The maximum Gasteiger partial charge on any atom is 0.326 e. The summed E-state index contributed by atoms with van der Waals surface area (Å²) < 4.78 is 0. The Morgan fingerprint density at radius 1 is 1.12 bits per heavy atom. The van der Waals surface area contributed by atoms with Crippen molar-refractivity contribution in [2.24, 2.45) is 0 Å². The van der Waals surface area contributed by atoms with Crippen LogP contribution in [0.5, 0.6) is 0 Å². The molecule has 1 aromatic carbocycles. The average molecular weight is 506 g/mol. The number of carboxylic acid groups (broad SMARTS) is 1. The number of nitrogens with zero attached hydrogens (tertiary/aromatic N) is 3. The standard InChI is InChI=1S/C22H21Cl2N5O3S/c1-2-7-33-19-9-18(26-12-27-19)29-17(22(31)32)8-13-3-5-14(6-4-13)28-21(30)20-15(23)10-25-11-16(20)24/h3-6,9-12,17H,2,7-8H2,1H3,(H,28,30)(H,31,32)(H,26,27,29). The second-order valence-corrected chi connectivity index (χ2v) is 8.89. The van der Waals surface area contributed by atoms with Gasteiger partial charge in [-0.2, -0.15) is 0 Å². The van der Waals surface area contributed by atoms with Crippen molar-refractivity contribution >= 4 is 58.3 Å². The van der Waals surface area contributed by atoms with Gasteiger partial charge in [0.25, 0.3) is 5.91 Å². The maximum atomic E-state index is 12.5. The van der Waals surface area contributed by atoms with E-state index >= 15 is 0 Å². The molecular formula is C22H21Cl2N5O3S. The molecule has 0 saturated carbocycles. The molecule has 1 unspecified atom stereocenters. The summed E-state index contributed by atoms with van der Waals surface area (Å²) >= 11 is 13.6. The molecule has 33 heavy (non-hydrogen) atoms. The highest BCUT2D eigenvalue weighted by atomic mass is 35.5. The van der Waals surface area contributed by atoms with Crippen molar-refractivity contribution in [1.82, 2.24) is 15.0 Å². The van der Waals surface area contributed by atoms with E-state index in [1.165, 1.54) is 18.7 Å². The Morgan fingerprint density at radius 2 is 1.82 bits per heavy atom. The van der Waals surface area contributed by atoms with E-state index in [0.717, 1.165) is 22.8 Å². The van der Waals surface area contributed by atoms with Crippen molar-refractivity contribution in [3.05, 3.63) is 70.2 Å². The van der Waals surface area contributed by atoms with Gasteiger partial charge in [0.2, 0.25) is 0 Å². The van der Waals surface area contributed by atoms with E-state index in [9.17, 15) is 14.7 Å². The van der Waals surface area contributed by atoms with Crippen LogP contribution in [0, 0.1) is 0 Å². The monoisotopic (exact) mass is 505 g/mol. The summed E-state index contributed by atoms with van der Waals surface area (Å²) in [6.45, 7) is 2.08. The van der Waals surface area contributed by atoms with Crippen LogP contribution in [0.15, 0.2) is 54.1 Å². The number of aliphatic carboxylic acids is 1. The molecule has 0 radical (unpaired) electrons. The Labute approximate surface area is 205 Å². The van der Waals surface area contributed by atoms with Gasteiger partial charge in [-0.05, 0) is 29.9 Å². The highest BCUT2D eigenvalue weighted by Gasteiger charge is 2.19. The molecule has 0 saturated heterocycles. The minimum atomic E-state index is -1.00. The zero-order chi connectivity index (χ0) is 23.8. The summed E-state index contributed by atoms with van der Waals surface area (Å²) in [5, 5.41) is 16.4. The third-order valence-corrected chi connectivity index (χ3v) is 6.15. The first kappa shape index (κ1) is 24.8. The fraction of sp³-hybridized carbons (Fsp3) is 0.227. The zero-order valence-corrected chi connectivity index (χ0v) is 19.9. The van der Waals surface area contributed by atoms with E-state index in [1.807, 2.05) is 0 Å². The fourth-order valence-corrected chi connectivity index (χ4v) is 4.13. The van der Waals surface area contributed by atoms with Crippen LogP contribution < -0.4 is 10.6 Å². The summed E-state index contributed by atoms with van der Waals surface area (Å²) in [5.41, 5.74) is 1.41. The van der Waals surface area contributed by atoms with Crippen LogP contribution in [0.1, 0.15) is 29.3 Å². The second-order valence-electron chi connectivity index (χ2n) is 6.96. The van der Waals surface area contributed by atoms with Crippen LogP contribution >= 0.6 is 35.0 Å². The minimum Gasteiger partial charge on any atom is -0.480 e. The van der Waals surface area contributed by atoms with E-state index in [-0.39, 0.29) is 22.0 Å². The smallest absolute Gasteiger partial charge is 0.326 e. The number of benzene rings is 1. The maximum absolute atomic E-state index is 12.5. The van der Waals surface area contributed by atoms with E-state index in [0.29, 0.717) is 11.5 Å². The number of hydrogen-bond acceptors (Lipinski definition) is 7. The summed E-state index contributed by atoms with van der Waals surface area (Å²) in [6, 6.07) is 7.69. The van der Waals surface area contributed by atoms with Crippen molar-refractivity contribution in [3.8, 4) is 0 Å². The van der Waals surface area contributed by atoms with Crippen LogP contribution in [-0.2, 0) is 11.2 Å². The number of nitrogens with one attached hydrogen (secondary N) is 2. The van der Waals surface area contributed by atoms with Crippen molar-refractivity contribution in [3.63, 3.8) is 0 Å². The molecular weight excluding hydrogens is 485 g/mol. The molecule has 2 aromatic heterocycles. The first-order valence-corrected chi connectivity index (χ1v) is 11.7. The van der Waals surface area contributed by atoms with Crippen LogP contribution in [0.2, 0.25) is 10.0 Å². The van der Waals surface area contributed by atoms with Crippen LogP contribution in [-0.4, -0.2) is 43.7 Å². The topological polar surface area (TPSA) is 117 Å². The molecule has 1 amide bonds. The highest BCUT2D eigenvalue weighted by molar-refractivity contribution is 7.99.